The highest BCUT2D eigenvalue weighted by atomic mass is 35.5. The van der Waals surface area contributed by atoms with Crippen LogP contribution < -0.4 is 16.4 Å². The van der Waals surface area contributed by atoms with E-state index < -0.39 is 46.1 Å². The van der Waals surface area contributed by atoms with Crippen molar-refractivity contribution in [3.05, 3.63) is 56.3 Å². The van der Waals surface area contributed by atoms with E-state index in [1.165, 1.54) is 18.2 Å². The number of rotatable bonds is 8. The van der Waals surface area contributed by atoms with Crippen molar-refractivity contribution in [3.8, 4) is 0 Å². The van der Waals surface area contributed by atoms with Crippen LogP contribution in [0.5, 0.6) is 0 Å². The van der Waals surface area contributed by atoms with Gasteiger partial charge in [0.25, 0.3) is 0 Å². The number of primary amides is 2. The summed E-state index contributed by atoms with van der Waals surface area (Å²) in [6, 6.07) is 5.30. The van der Waals surface area contributed by atoms with Crippen LogP contribution in [0.15, 0.2) is 35.7 Å². The molecule has 3 amide bonds. The Morgan fingerprint density at radius 3 is 2.56 bits per heavy atom. The number of amides is 3. The molecule has 1 aromatic carbocycles. The van der Waals surface area contributed by atoms with Gasteiger partial charge in [0.2, 0.25) is 27.7 Å². The lowest BCUT2D eigenvalue weighted by Gasteiger charge is -2.25. The number of carbonyl (C=O) groups excluding carboxylic acids is 3. The molecule has 1 atom stereocenters. The van der Waals surface area contributed by atoms with Crippen molar-refractivity contribution in [2.75, 3.05) is 18.0 Å². The maximum atomic E-state index is 14.5. The van der Waals surface area contributed by atoms with Crippen molar-refractivity contribution in [2.45, 2.75) is 12.5 Å². The first-order valence-corrected chi connectivity index (χ1v) is 11.8. The van der Waals surface area contributed by atoms with Crippen molar-refractivity contribution >= 4 is 62.4 Å². The second-order valence-electron chi connectivity index (χ2n) is 6.83. The quantitative estimate of drug-likeness (QED) is 0.564. The lowest BCUT2D eigenvalue weighted by atomic mass is 10.1. The number of anilines is 1. The summed E-state index contributed by atoms with van der Waals surface area (Å²) in [5, 5.41) is 0.857. The van der Waals surface area contributed by atoms with Crippen LogP contribution in [0.1, 0.15) is 21.7 Å². The van der Waals surface area contributed by atoms with Gasteiger partial charge in [-0.1, -0.05) is 11.6 Å². The Labute approximate surface area is 192 Å². The molecule has 4 N–H and O–H groups in total. The molecule has 0 saturated carbocycles. The molecule has 0 bridgehead atoms. The Balaban J connectivity index is 1.89. The fourth-order valence-corrected chi connectivity index (χ4v) is 5.61. The number of hydrogen-bond acceptors (Lipinski definition) is 6. The zero-order chi connectivity index (χ0) is 23.6. The molecule has 1 saturated heterocycles. The number of carbonyl (C=O) groups is 3. The van der Waals surface area contributed by atoms with Crippen molar-refractivity contribution in [1.29, 1.82) is 0 Å². The number of thiophene rings is 1. The average Bonchev–Trinajstić information content (AvgIpc) is 3.29. The molecule has 32 heavy (non-hydrogen) atoms. The zero-order valence-corrected chi connectivity index (χ0v) is 18.8. The van der Waals surface area contributed by atoms with Crippen LogP contribution >= 0.6 is 22.9 Å². The fraction of sp³-hybridized carbons (Fsp3) is 0.211. The molecule has 2 aromatic rings. The number of nitrogens with zero attached hydrogens (tertiary/aromatic N) is 2. The third kappa shape index (κ3) is 5.15. The van der Waals surface area contributed by atoms with E-state index in [9.17, 15) is 27.2 Å². The molecule has 170 valence electrons. The van der Waals surface area contributed by atoms with E-state index in [0.29, 0.717) is 13.5 Å². The Hall–Kier alpha value is -2.80. The molecule has 0 unspecified atom stereocenters. The molecule has 0 aliphatic carbocycles. The van der Waals surface area contributed by atoms with Crippen LogP contribution in [-0.4, -0.2) is 49.6 Å². The second kappa shape index (κ2) is 9.36. The van der Waals surface area contributed by atoms with Gasteiger partial charge in [-0.25, -0.2) is 12.8 Å². The van der Waals surface area contributed by atoms with Gasteiger partial charge in [0.1, 0.15) is 11.9 Å². The average molecular weight is 501 g/mol. The standard InChI is InChI=1S/C19H18ClFN4O5S2/c20-16-4-2-12(31-16)6-8-32(29,30)25(10-17(22)26)15-5-7-24(19(15)28)14-3-1-11(18(23)27)9-13(14)21/h1-4,6,8-9,15H,5,7,10H2,(H2,22,26)(H2,23,27)/t15-/m0/s1. The minimum Gasteiger partial charge on any atom is -0.369 e. The molecular weight excluding hydrogens is 483 g/mol. The van der Waals surface area contributed by atoms with Crippen molar-refractivity contribution < 1.29 is 27.2 Å². The van der Waals surface area contributed by atoms with Gasteiger partial charge >= 0.3 is 0 Å². The first-order valence-electron chi connectivity index (χ1n) is 9.14. The lowest BCUT2D eigenvalue weighted by molar-refractivity contribution is -0.122. The van der Waals surface area contributed by atoms with Crippen molar-refractivity contribution in [2.24, 2.45) is 11.5 Å². The number of sulfonamides is 1. The van der Waals surface area contributed by atoms with E-state index >= 15 is 0 Å². The summed E-state index contributed by atoms with van der Waals surface area (Å²) in [6.45, 7) is -0.740. The molecule has 1 aliphatic rings. The smallest absolute Gasteiger partial charge is 0.248 e. The minimum atomic E-state index is -4.24. The van der Waals surface area contributed by atoms with Gasteiger partial charge in [0.15, 0.2) is 0 Å². The third-order valence-corrected chi connectivity index (χ3v) is 7.40. The molecule has 2 heterocycles. The maximum Gasteiger partial charge on any atom is 0.248 e. The van der Waals surface area contributed by atoms with E-state index in [2.05, 4.69) is 0 Å². The minimum absolute atomic E-state index is 0.00102. The Kier molecular flexibility index (Phi) is 6.98. The second-order valence-corrected chi connectivity index (χ2v) is 10.3. The van der Waals surface area contributed by atoms with Crippen molar-refractivity contribution in [3.63, 3.8) is 0 Å². The Bertz CT molecular complexity index is 1210. The summed E-state index contributed by atoms with van der Waals surface area (Å²) in [7, 11) is -4.24. The molecule has 0 spiro atoms. The van der Waals surface area contributed by atoms with Gasteiger partial charge in [-0.2, -0.15) is 4.31 Å². The van der Waals surface area contributed by atoms with Gasteiger partial charge in [-0.05, 0) is 42.8 Å². The van der Waals surface area contributed by atoms with Gasteiger partial charge in [0.05, 0.1) is 16.6 Å². The molecule has 9 nitrogen and oxygen atoms in total. The van der Waals surface area contributed by atoms with Crippen LogP contribution in [0.2, 0.25) is 4.34 Å². The van der Waals surface area contributed by atoms with Gasteiger partial charge in [-0.15, -0.1) is 11.3 Å². The topological polar surface area (TPSA) is 144 Å². The summed E-state index contributed by atoms with van der Waals surface area (Å²) in [5.41, 5.74) is 10.1. The predicted octanol–water partition coefficient (Wildman–Crippen LogP) is 1.53. The lowest BCUT2D eigenvalue weighted by Crippen LogP contribution is -2.48. The summed E-state index contributed by atoms with van der Waals surface area (Å²) in [5.74, 6) is -3.38. The van der Waals surface area contributed by atoms with Crippen LogP contribution in [0.25, 0.3) is 6.08 Å². The van der Waals surface area contributed by atoms with E-state index in [4.69, 9.17) is 23.1 Å². The van der Waals surface area contributed by atoms with E-state index in [1.54, 1.807) is 12.1 Å². The molecule has 3 rings (SSSR count). The molecule has 1 fully saturated rings. The number of benzene rings is 1. The molecular formula is C19H18ClFN4O5S2. The van der Waals surface area contributed by atoms with Gasteiger partial charge in [-0.3, -0.25) is 14.4 Å². The van der Waals surface area contributed by atoms with Crippen LogP contribution in [0.3, 0.4) is 0 Å². The van der Waals surface area contributed by atoms with Gasteiger partial charge in [0, 0.05) is 22.4 Å². The number of halogens is 2. The summed E-state index contributed by atoms with van der Waals surface area (Å²) >= 11 is 6.98. The third-order valence-electron chi connectivity index (χ3n) is 4.68. The first kappa shape index (κ1) is 23.9. The normalized spacial score (nSPS) is 16.9. The summed E-state index contributed by atoms with van der Waals surface area (Å²) < 4.78 is 41.5. The van der Waals surface area contributed by atoms with Gasteiger partial charge < -0.3 is 16.4 Å². The molecule has 0 radical (unpaired) electrons. The molecule has 13 heteroatoms. The SMILES string of the molecule is NC(=O)CN([C@H]1CCN(c2ccc(C(N)=O)cc2F)C1=O)S(=O)(=O)C=Cc1ccc(Cl)s1. The highest BCUT2D eigenvalue weighted by Gasteiger charge is 2.42. The first-order chi connectivity index (χ1) is 15.0. The molecule has 1 aromatic heterocycles. The van der Waals surface area contributed by atoms with Crippen molar-refractivity contribution in [1.82, 2.24) is 4.31 Å². The highest BCUT2D eigenvalue weighted by molar-refractivity contribution is 7.92. The zero-order valence-electron chi connectivity index (χ0n) is 16.4. The largest absolute Gasteiger partial charge is 0.369 e. The van der Waals surface area contributed by atoms with E-state index in [0.717, 1.165) is 27.7 Å². The number of hydrogen-bond donors (Lipinski definition) is 2. The molecule has 1 aliphatic heterocycles. The summed E-state index contributed by atoms with van der Waals surface area (Å²) in [4.78, 5) is 37.4. The van der Waals surface area contributed by atoms with Crippen LogP contribution in [0.4, 0.5) is 10.1 Å². The predicted molar refractivity (Wildman–Crippen MR) is 119 cm³/mol. The Morgan fingerprint density at radius 2 is 2.00 bits per heavy atom. The fourth-order valence-electron chi connectivity index (χ4n) is 3.23. The van der Waals surface area contributed by atoms with E-state index in [1.807, 2.05) is 0 Å². The number of nitrogens with two attached hydrogens (primary N) is 2. The maximum absolute atomic E-state index is 14.5. The Morgan fingerprint density at radius 1 is 1.28 bits per heavy atom. The highest BCUT2D eigenvalue weighted by Crippen LogP contribution is 2.29. The van der Waals surface area contributed by atoms with Crippen LogP contribution in [0, 0.1) is 5.82 Å². The van der Waals surface area contributed by atoms with Crippen LogP contribution in [-0.2, 0) is 19.6 Å². The monoisotopic (exact) mass is 500 g/mol. The van der Waals surface area contributed by atoms with E-state index in [-0.39, 0.29) is 24.2 Å². The summed E-state index contributed by atoms with van der Waals surface area (Å²) in [6.07, 6.45) is 1.29.